The number of nitrogens with one attached hydrogen (secondary N) is 2. The molecule has 150 valence electrons. The summed E-state index contributed by atoms with van der Waals surface area (Å²) >= 11 is 7.17. The first-order chi connectivity index (χ1) is 14.0. The minimum absolute atomic E-state index is 0.137. The van der Waals surface area contributed by atoms with E-state index in [1.54, 1.807) is 24.3 Å². The lowest BCUT2D eigenvalue weighted by atomic mass is 10.2. The van der Waals surface area contributed by atoms with Gasteiger partial charge in [-0.15, -0.1) is 10.2 Å². The largest absolute Gasteiger partial charge is 0.326 e. The molecule has 0 aliphatic heterocycles. The van der Waals surface area contributed by atoms with Crippen LogP contribution in [-0.2, 0) is 16.1 Å². The van der Waals surface area contributed by atoms with E-state index in [0.29, 0.717) is 33.9 Å². The molecule has 2 amide bonds. The van der Waals surface area contributed by atoms with Gasteiger partial charge in [0.2, 0.25) is 11.8 Å². The van der Waals surface area contributed by atoms with Crippen LogP contribution in [0.2, 0.25) is 5.02 Å². The van der Waals surface area contributed by atoms with E-state index in [2.05, 4.69) is 20.8 Å². The number of halogens is 1. The van der Waals surface area contributed by atoms with Crippen molar-refractivity contribution >= 4 is 46.6 Å². The molecule has 29 heavy (non-hydrogen) atoms. The summed E-state index contributed by atoms with van der Waals surface area (Å²) in [6.45, 7) is 4.10. The average Bonchev–Trinajstić information content (AvgIpc) is 3.11. The van der Waals surface area contributed by atoms with E-state index in [0.717, 1.165) is 5.56 Å². The van der Waals surface area contributed by atoms with Crippen molar-refractivity contribution in [1.82, 2.24) is 14.8 Å². The molecule has 1 heterocycles. The Labute approximate surface area is 177 Å². The third-order valence-corrected chi connectivity index (χ3v) is 5.15. The summed E-state index contributed by atoms with van der Waals surface area (Å²) in [6, 6.07) is 14.4. The first kappa shape index (κ1) is 20.9. The number of hydrogen-bond acceptors (Lipinski definition) is 5. The summed E-state index contributed by atoms with van der Waals surface area (Å²) in [5.74, 6) is 0.603. The highest BCUT2D eigenvalue weighted by Crippen LogP contribution is 2.26. The van der Waals surface area contributed by atoms with Gasteiger partial charge in [0, 0.05) is 35.4 Å². The van der Waals surface area contributed by atoms with Gasteiger partial charge in [-0.3, -0.25) is 9.59 Å². The first-order valence-electron chi connectivity index (χ1n) is 8.95. The molecule has 3 rings (SSSR count). The van der Waals surface area contributed by atoms with Crippen molar-refractivity contribution in [3.8, 4) is 11.4 Å². The molecule has 0 radical (unpaired) electrons. The summed E-state index contributed by atoms with van der Waals surface area (Å²) < 4.78 is 1.94. The molecule has 2 N–H and O–H groups in total. The van der Waals surface area contributed by atoms with Crippen LogP contribution >= 0.6 is 23.4 Å². The van der Waals surface area contributed by atoms with E-state index in [4.69, 9.17) is 11.6 Å². The van der Waals surface area contributed by atoms with E-state index in [1.807, 2.05) is 35.8 Å². The van der Waals surface area contributed by atoms with Gasteiger partial charge < -0.3 is 15.2 Å². The Hall–Kier alpha value is -2.84. The number of thioether (sulfide) groups is 1. The monoisotopic (exact) mass is 429 g/mol. The Balaban J connectivity index is 1.70. The second-order valence-corrected chi connectivity index (χ2v) is 7.54. The molecule has 9 heteroatoms. The number of anilines is 2. The van der Waals surface area contributed by atoms with Crippen LogP contribution in [0.3, 0.4) is 0 Å². The van der Waals surface area contributed by atoms with Crippen molar-refractivity contribution in [3.63, 3.8) is 0 Å². The molecule has 0 saturated heterocycles. The van der Waals surface area contributed by atoms with Gasteiger partial charge in [0.25, 0.3) is 0 Å². The number of amides is 2. The summed E-state index contributed by atoms with van der Waals surface area (Å²) in [5, 5.41) is 15.4. The number of benzene rings is 2. The van der Waals surface area contributed by atoms with Gasteiger partial charge in [0.1, 0.15) is 0 Å². The van der Waals surface area contributed by atoms with Crippen molar-refractivity contribution in [1.29, 1.82) is 0 Å². The standard InChI is InChI=1S/C20H20ClN5O2S/c1-3-26-19(14-5-4-6-17(11-14)22-13(2)27)24-25-20(26)29-12-18(28)23-16-9-7-15(21)8-10-16/h4-11H,3,12H2,1-2H3,(H,22,27)(H,23,28). The Morgan fingerprint density at radius 1 is 1.07 bits per heavy atom. The molecule has 7 nitrogen and oxygen atoms in total. The van der Waals surface area contributed by atoms with Crippen LogP contribution in [0.1, 0.15) is 13.8 Å². The summed E-state index contributed by atoms with van der Waals surface area (Å²) in [6.07, 6.45) is 0. The highest BCUT2D eigenvalue weighted by atomic mass is 35.5. The maximum absolute atomic E-state index is 12.2. The molecule has 0 atom stereocenters. The normalized spacial score (nSPS) is 10.6. The summed E-state index contributed by atoms with van der Waals surface area (Å²) in [7, 11) is 0. The molecule has 0 aliphatic carbocycles. The molecule has 0 aliphatic rings. The van der Waals surface area contributed by atoms with Crippen molar-refractivity contribution in [2.45, 2.75) is 25.5 Å². The number of carbonyl (C=O) groups excluding carboxylic acids is 2. The fourth-order valence-corrected chi connectivity index (χ4v) is 3.62. The van der Waals surface area contributed by atoms with Crippen molar-refractivity contribution in [2.24, 2.45) is 0 Å². The van der Waals surface area contributed by atoms with E-state index >= 15 is 0 Å². The maximum atomic E-state index is 12.2. The zero-order valence-electron chi connectivity index (χ0n) is 16.0. The Bertz CT molecular complexity index is 1020. The van der Waals surface area contributed by atoms with Gasteiger partial charge in [-0.25, -0.2) is 0 Å². The topological polar surface area (TPSA) is 88.9 Å². The van der Waals surface area contributed by atoms with Crippen LogP contribution in [0.25, 0.3) is 11.4 Å². The van der Waals surface area contributed by atoms with Gasteiger partial charge in [-0.05, 0) is 43.3 Å². The molecular formula is C20H20ClN5O2S. The van der Waals surface area contributed by atoms with Crippen molar-refractivity contribution < 1.29 is 9.59 Å². The molecule has 0 fully saturated rings. The van der Waals surface area contributed by atoms with Crippen LogP contribution in [0.4, 0.5) is 11.4 Å². The fraction of sp³-hybridized carbons (Fsp3) is 0.200. The summed E-state index contributed by atoms with van der Waals surface area (Å²) in [5.41, 5.74) is 2.22. The second-order valence-electron chi connectivity index (χ2n) is 6.16. The number of carbonyl (C=O) groups is 2. The van der Waals surface area contributed by atoms with E-state index < -0.39 is 0 Å². The minimum Gasteiger partial charge on any atom is -0.326 e. The first-order valence-corrected chi connectivity index (χ1v) is 10.3. The second kappa shape index (κ2) is 9.58. The third kappa shape index (κ3) is 5.58. The van der Waals surface area contributed by atoms with Crippen LogP contribution < -0.4 is 10.6 Å². The van der Waals surface area contributed by atoms with E-state index in [1.165, 1.54) is 18.7 Å². The molecule has 1 aromatic heterocycles. The lowest BCUT2D eigenvalue weighted by molar-refractivity contribution is -0.114. The van der Waals surface area contributed by atoms with Gasteiger partial charge in [-0.1, -0.05) is 35.5 Å². The average molecular weight is 430 g/mol. The highest BCUT2D eigenvalue weighted by molar-refractivity contribution is 7.99. The molecule has 0 spiro atoms. The Kier molecular flexibility index (Phi) is 6.90. The van der Waals surface area contributed by atoms with E-state index in [-0.39, 0.29) is 17.6 Å². The zero-order chi connectivity index (χ0) is 20.8. The number of rotatable bonds is 7. The fourth-order valence-electron chi connectivity index (χ4n) is 2.69. The van der Waals surface area contributed by atoms with Gasteiger partial charge >= 0.3 is 0 Å². The Morgan fingerprint density at radius 3 is 2.52 bits per heavy atom. The smallest absolute Gasteiger partial charge is 0.234 e. The van der Waals surface area contributed by atoms with Crippen molar-refractivity contribution in [2.75, 3.05) is 16.4 Å². The summed E-state index contributed by atoms with van der Waals surface area (Å²) in [4.78, 5) is 23.5. The maximum Gasteiger partial charge on any atom is 0.234 e. The van der Waals surface area contributed by atoms with Gasteiger partial charge in [0.15, 0.2) is 11.0 Å². The molecule has 3 aromatic rings. The highest BCUT2D eigenvalue weighted by Gasteiger charge is 2.15. The van der Waals surface area contributed by atoms with Crippen LogP contribution in [0.5, 0.6) is 0 Å². The molecular weight excluding hydrogens is 410 g/mol. The number of aromatic nitrogens is 3. The quantitative estimate of drug-likeness (QED) is 0.546. The number of nitrogens with zero attached hydrogens (tertiary/aromatic N) is 3. The molecule has 0 saturated carbocycles. The lowest BCUT2D eigenvalue weighted by Gasteiger charge is -2.09. The number of hydrogen-bond donors (Lipinski definition) is 2. The lowest BCUT2D eigenvalue weighted by Crippen LogP contribution is -2.14. The predicted molar refractivity (Wildman–Crippen MR) is 116 cm³/mol. The van der Waals surface area contributed by atoms with Crippen LogP contribution in [0, 0.1) is 0 Å². The van der Waals surface area contributed by atoms with Gasteiger partial charge in [0.05, 0.1) is 5.75 Å². The SMILES string of the molecule is CCn1c(SCC(=O)Nc2ccc(Cl)cc2)nnc1-c1cccc(NC(C)=O)c1. The van der Waals surface area contributed by atoms with Crippen LogP contribution in [0.15, 0.2) is 53.7 Å². The molecule has 2 aromatic carbocycles. The zero-order valence-corrected chi connectivity index (χ0v) is 17.5. The van der Waals surface area contributed by atoms with Crippen molar-refractivity contribution in [3.05, 3.63) is 53.6 Å². The minimum atomic E-state index is -0.141. The Morgan fingerprint density at radius 2 is 1.83 bits per heavy atom. The third-order valence-electron chi connectivity index (χ3n) is 3.93. The molecule has 0 bridgehead atoms. The van der Waals surface area contributed by atoms with Gasteiger partial charge in [-0.2, -0.15) is 0 Å². The van der Waals surface area contributed by atoms with Crippen LogP contribution in [-0.4, -0.2) is 32.3 Å². The molecule has 0 unspecified atom stereocenters. The van der Waals surface area contributed by atoms with E-state index in [9.17, 15) is 9.59 Å². The predicted octanol–water partition coefficient (Wildman–Crippen LogP) is 4.31.